The van der Waals surface area contributed by atoms with E-state index in [9.17, 15) is 19.8 Å². The molecule has 1 amide bonds. The molecular weight excluding hydrogens is 995 g/mol. The molecule has 6 nitrogen and oxygen atoms in total. The normalized spacial score (nSPS) is 12.8. The van der Waals surface area contributed by atoms with Gasteiger partial charge in [-0.2, -0.15) is 0 Å². The molecule has 81 heavy (non-hydrogen) atoms. The third kappa shape index (κ3) is 66.8. The van der Waals surface area contributed by atoms with E-state index < -0.39 is 12.1 Å². The predicted octanol–water partition coefficient (Wildman–Crippen LogP) is 23.6. The summed E-state index contributed by atoms with van der Waals surface area (Å²) in [6.07, 6.45) is 92.1. The van der Waals surface area contributed by atoms with Crippen molar-refractivity contribution in [2.24, 2.45) is 0 Å². The smallest absolute Gasteiger partial charge is 0.305 e. The number of rotatable bonds is 68. The van der Waals surface area contributed by atoms with Gasteiger partial charge in [0.2, 0.25) is 5.91 Å². The number of nitrogens with one attached hydrogen (secondary N) is 1. The number of aliphatic hydroxyl groups excluding tert-OH is 2. The molecule has 0 aliphatic rings. The largest absolute Gasteiger partial charge is 0.466 e. The van der Waals surface area contributed by atoms with E-state index in [1.54, 1.807) is 6.08 Å². The Morgan fingerprint density at radius 1 is 0.346 bits per heavy atom. The molecule has 0 aromatic carbocycles. The van der Waals surface area contributed by atoms with Gasteiger partial charge in [-0.1, -0.05) is 345 Å². The van der Waals surface area contributed by atoms with E-state index in [4.69, 9.17) is 4.74 Å². The van der Waals surface area contributed by atoms with E-state index in [0.717, 1.165) is 51.4 Å². The van der Waals surface area contributed by atoms with Gasteiger partial charge in [0.1, 0.15) is 0 Å². The summed E-state index contributed by atoms with van der Waals surface area (Å²) in [7, 11) is 0. The van der Waals surface area contributed by atoms with Crippen LogP contribution < -0.4 is 5.32 Å². The Morgan fingerprint density at radius 3 is 1.00 bits per heavy atom. The molecule has 3 N–H and O–H groups in total. The van der Waals surface area contributed by atoms with Crippen LogP contribution in [0, 0.1) is 0 Å². The lowest BCUT2D eigenvalue weighted by atomic mass is 10.0. The molecule has 0 saturated heterocycles. The van der Waals surface area contributed by atoms with E-state index in [1.165, 1.54) is 315 Å². The fourth-order valence-corrected chi connectivity index (χ4v) is 11.3. The number of amides is 1. The van der Waals surface area contributed by atoms with Crippen LogP contribution >= 0.6 is 0 Å². The SMILES string of the molecule is CCC/C=C\C/C=C\CCCCCCCC(=O)OCCCCCCCCCCCCCC/C=C\CCCCCCCCCCCCCCCCCCCC(=O)NC(CO)C(O)/C=C/CCCCCCCCCCCCCCCCCC. The number of hydrogen-bond donors (Lipinski definition) is 3. The number of unbranched alkanes of at least 4 members (excludes halogenated alkanes) is 51. The summed E-state index contributed by atoms with van der Waals surface area (Å²) >= 11 is 0. The van der Waals surface area contributed by atoms with Crippen molar-refractivity contribution in [3.63, 3.8) is 0 Å². The lowest BCUT2D eigenvalue weighted by Crippen LogP contribution is -2.45. The van der Waals surface area contributed by atoms with E-state index in [1.807, 2.05) is 6.08 Å². The molecule has 0 radical (unpaired) electrons. The molecular formula is C75H141NO5. The summed E-state index contributed by atoms with van der Waals surface area (Å²) in [5.41, 5.74) is 0. The van der Waals surface area contributed by atoms with E-state index >= 15 is 0 Å². The van der Waals surface area contributed by atoms with Crippen molar-refractivity contribution in [2.75, 3.05) is 13.2 Å². The minimum atomic E-state index is -0.843. The summed E-state index contributed by atoms with van der Waals surface area (Å²) in [4.78, 5) is 24.6. The Balaban J connectivity index is 3.38. The number of allylic oxidation sites excluding steroid dienone is 7. The quantitative estimate of drug-likeness (QED) is 0.0320. The molecule has 0 aliphatic carbocycles. The maximum absolute atomic E-state index is 12.5. The molecule has 0 aromatic rings. The first-order chi connectivity index (χ1) is 40.0. The van der Waals surface area contributed by atoms with Crippen LogP contribution in [0.15, 0.2) is 48.6 Å². The Labute approximate surface area is 506 Å². The highest BCUT2D eigenvalue weighted by atomic mass is 16.5. The van der Waals surface area contributed by atoms with Crippen LogP contribution in [0.4, 0.5) is 0 Å². The van der Waals surface area contributed by atoms with Gasteiger partial charge in [0.25, 0.3) is 0 Å². The molecule has 6 heteroatoms. The van der Waals surface area contributed by atoms with Gasteiger partial charge >= 0.3 is 5.97 Å². The van der Waals surface area contributed by atoms with Gasteiger partial charge in [0.15, 0.2) is 0 Å². The average molecular weight is 1140 g/mol. The lowest BCUT2D eigenvalue weighted by Gasteiger charge is -2.20. The van der Waals surface area contributed by atoms with Gasteiger partial charge in [-0.15, -0.1) is 0 Å². The van der Waals surface area contributed by atoms with Crippen molar-refractivity contribution in [2.45, 2.75) is 405 Å². The van der Waals surface area contributed by atoms with Crippen LogP contribution in [0.2, 0.25) is 0 Å². The second kappa shape index (κ2) is 70.3. The van der Waals surface area contributed by atoms with Crippen LogP contribution in [0.25, 0.3) is 0 Å². The second-order valence-electron chi connectivity index (χ2n) is 24.9. The molecule has 0 heterocycles. The third-order valence-electron chi connectivity index (χ3n) is 16.8. The second-order valence-corrected chi connectivity index (χ2v) is 24.9. The maximum atomic E-state index is 12.5. The Morgan fingerprint density at radius 2 is 0.642 bits per heavy atom. The fourth-order valence-electron chi connectivity index (χ4n) is 11.3. The molecule has 0 bridgehead atoms. The average Bonchev–Trinajstić information content (AvgIpc) is 3.47. The molecule has 0 aliphatic heterocycles. The lowest BCUT2D eigenvalue weighted by molar-refractivity contribution is -0.143. The molecule has 0 aromatic heterocycles. The van der Waals surface area contributed by atoms with Crippen molar-refractivity contribution in [3.05, 3.63) is 48.6 Å². The van der Waals surface area contributed by atoms with Gasteiger partial charge < -0.3 is 20.3 Å². The Bertz CT molecular complexity index is 1360. The number of ether oxygens (including phenoxy) is 1. The molecule has 0 saturated carbocycles. The summed E-state index contributed by atoms with van der Waals surface area (Å²) in [6, 6.07) is -0.626. The predicted molar refractivity (Wildman–Crippen MR) is 356 cm³/mol. The van der Waals surface area contributed by atoms with Crippen molar-refractivity contribution in [1.82, 2.24) is 5.32 Å². The van der Waals surface area contributed by atoms with Crippen LogP contribution in [-0.2, 0) is 14.3 Å². The van der Waals surface area contributed by atoms with Crippen LogP contribution in [-0.4, -0.2) is 47.4 Å². The van der Waals surface area contributed by atoms with E-state index in [0.29, 0.717) is 19.4 Å². The molecule has 476 valence electrons. The monoisotopic (exact) mass is 1140 g/mol. The number of carbonyl (C=O) groups is 2. The Hall–Kier alpha value is -2.18. The molecule has 0 rings (SSSR count). The molecule has 0 fully saturated rings. The highest BCUT2D eigenvalue weighted by Gasteiger charge is 2.18. The zero-order valence-corrected chi connectivity index (χ0v) is 54.5. The van der Waals surface area contributed by atoms with Gasteiger partial charge in [0, 0.05) is 12.8 Å². The summed E-state index contributed by atoms with van der Waals surface area (Å²) in [6.45, 7) is 4.86. The van der Waals surface area contributed by atoms with Crippen molar-refractivity contribution in [1.29, 1.82) is 0 Å². The van der Waals surface area contributed by atoms with Gasteiger partial charge in [0.05, 0.1) is 25.4 Å². The third-order valence-corrected chi connectivity index (χ3v) is 16.8. The minimum Gasteiger partial charge on any atom is -0.466 e. The highest BCUT2D eigenvalue weighted by molar-refractivity contribution is 5.76. The zero-order valence-electron chi connectivity index (χ0n) is 54.5. The minimum absolute atomic E-state index is 0.00310. The number of hydrogen-bond acceptors (Lipinski definition) is 5. The van der Waals surface area contributed by atoms with Gasteiger partial charge in [-0.05, 0) is 83.5 Å². The van der Waals surface area contributed by atoms with Gasteiger partial charge in [-0.25, -0.2) is 0 Å². The summed E-state index contributed by atoms with van der Waals surface area (Å²) in [5, 5.41) is 23.2. The number of carbonyl (C=O) groups excluding carboxylic acids is 2. The van der Waals surface area contributed by atoms with Crippen LogP contribution in [0.5, 0.6) is 0 Å². The van der Waals surface area contributed by atoms with Crippen LogP contribution in [0.1, 0.15) is 393 Å². The summed E-state index contributed by atoms with van der Waals surface area (Å²) in [5.74, 6) is -0.0589. The van der Waals surface area contributed by atoms with Crippen LogP contribution in [0.3, 0.4) is 0 Å². The number of esters is 1. The van der Waals surface area contributed by atoms with E-state index in [2.05, 4.69) is 55.6 Å². The Kier molecular flexibility index (Phi) is 68.4. The molecule has 0 spiro atoms. The van der Waals surface area contributed by atoms with E-state index in [-0.39, 0.29) is 18.5 Å². The van der Waals surface area contributed by atoms with Gasteiger partial charge in [-0.3, -0.25) is 9.59 Å². The fraction of sp³-hybridized carbons (Fsp3) is 0.867. The summed E-state index contributed by atoms with van der Waals surface area (Å²) < 4.78 is 5.48. The first kappa shape index (κ1) is 78.8. The first-order valence-electron chi connectivity index (χ1n) is 36.4. The molecule has 2 atom stereocenters. The number of aliphatic hydroxyl groups is 2. The standard InChI is InChI=1S/C75H141NO5/c1-3-5-7-9-11-13-15-17-18-19-37-40-44-47-51-55-59-63-67-73(78)72(71-77)76-74(79)68-64-60-56-52-48-45-41-38-35-33-31-29-27-25-23-21-20-22-24-26-28-30-32-34-36-39-42-46-50-54-58-62-66-70-81-75(80)69-65-61-57-53-49-43-16-14-12-10-8-6-4-2/h8,10,14,16,24,26,63,67,72-73,77-78H,3-7,9,11-13,15,17-23,25,27-62,64-66,68-71H2,1-2H3,(H,76,79)/b10-8-,16-14-,26-24-,67-63+. The topological polar surface area (TPSA) is 95.9 Å². The first-order valence-corrected chi connectivity index (χ1v) is 36.4. The zero-order chi connectivity index (χ0) is 58.5. The molecule has 2 unspecified atom stereocenters. The van der Waals surface area contributed by atoms with Crippen molar-refractivity contribution >= 4 is 11.9 Å². The highest BCUT2D eigenvalue weighted by Crippen LogP contribution is 2.18. The maximum Gasteiger partial charge on any atom is 0.305 e. The van der Waals surface area contributed by atoms with Crippen molar-refractivity contribution < 1.29 is 24.5 Å². The van der Waals surface area contributed by atoms with Crippen molar-refractivity contribution in [3.8, 4) is 0 Å².